The Morgan fingerprint density at radius 3 is 3.11 bits per heavy atom. The Labute approximate surface area is 109 Å². The summed E-state index contributed by atoms with van der Waals surface area (Å²) < 4.78 is 5.68. The molecule has 18 heavy (non-hydrogen) atoms. The van der Waals surface area contributed by atoms with Crippen molar-refractivity contribution in [3.05, 3.63) is 35.0 Å². The number of halogens is 1. The van der Waals surface area contributed by atoms with Gasteiger partial charge in [-0.05, 0) is 12.1 Å². The Kier molecular flexibility index (Phi) is 2.59. The number of amides is 1. The lowest BCUT2D eigenvalue weighted by atomic mass is 10.1. The highest BCUT2D eigenvalue weighted by molar-refractivity contribution is 6.35. The number of hydrogen-bond acceptors (Lipinski definition) is 3. The molecule has 1 aromatic carbocycles. The van der Waals surface area contributed by atoms with Crippen molar-refractivity contribution in [2.24, 2.45) is 0 Å². The summed E-state index contributed by atoms with van der Waals surface area (Å²) in [6, 6.07) is 5.19. The van der Waals surface area contributed by atoms with Gasteiger partial charge < -0.3 is 10.1 Å². The molecule has 0 fully saturated rings. The largest absolute Gasteiger partial charge is 0.470 e. The minimum atomic E-state index is -0.276. The molecule has 1 amide bonds. The van der Waals surface area contributed by atoms with Crippen LogP contribution in [0.2, 0.25) is 5.02 Å². The lowest BCUT2D eigenvalue weighted by molar-refractivity contribution is 0.0751. The minimum absolute atomic E-state index is 0.134. The van der Waals surface area contributed by atoms with Crippen molar-refractivity contribution < 1.29 is 9.53 Å². The summed E-state index contributed by atoms with van der Waals surface area (Å²) in [4.78, 5) is 16.2. The summed E-state index contributed by atoms with van der Waals surface area (Å²) in [6.45, 7) is 1.95. The zero-order chi connectivity index (χ0) is 12.7. The smallest absolute Gasteiger partial charge is 0.257 e. The van der Waals surface area contributed by atoms with E-state index in [1.165, 1.54) is 0 Å². The van der Waals surface area contributed by atoms with E-state index in [1.807, 2.05) is 6.92 Å². The molecule has 1 unspecified atom stereocenters. The van der Waals surface area contributed by atoms with E-state index in [0.29, 0.717) is 22.8 Å². The second kappa shape index (κ2) is 4.14. The van der Waals surface area contributed by atoms with Crippen LogP contribution in [0.5, 0.6) is 5.75 Å². The molecule has 0 saturated heterocycles. The topological polar surface area (TPSA) is 51.2 Å². The van der Waals surface area contributed by atoms with Crippen LogP contribution in [0.25, 0.3) is 10.9 Å². The van der Waals surface area contributed by atoms with Gasteiger partial charge in [0, 0.05) is 24.1 Å². The van der Waals surface area contributed by atoms with Gasteiger partial charge in [-0.1, -0.05) is 18.5 Å². The number of nitrogens with zero attached hydrogens (tertiary/aromatic N) is 1. The molecule has 1 aliphatic rings. The fourth-order valence-electron chi connectivity index (χ4n) is 2.01. The quantitative estimate of drug-likeness (QED) is 0.860. The maximum atomic E-state index is 12.0. The predicted molar refractivity (Wildman–Crippen MR) is 68.9 cm³/mol. The number of fused-ring (bicyclic) bond motifs is 2. The number of ether oxygens (including phenoxy) is 1. The van der Waals surface area contributed by atoms with Crippen LogP contribution < -0.4 is 10.1 Å². The predicted octanol–water partition coefficient (Wildman–Crippen LogP) is 2.75. The van der Waals surface area contributed by atoms with Crippen molar-refractivity contribution >= 4 is 28.4 Å². The molecule has 2 aromatic rings. The van der Waals surface area contributed by atoms with Crippen LogP contribution in [0.1, 0.15) is 23.7 Å². The number of benzene rings is 1. The number of nitrogens with one attached hydrogen (secondary N) is 1. The van der Waals surface area contributed by atoms with E-state index < -0.39 is 0 Å². The number of rotatable bonds is 1. The van der Waals surface area contributed by atoms with Crippen molar-refractivity contribution in [1.82, 2.24) is 10.3 Å². The van der Waals surface area contributed by atoms with Gasteiger partial charge in [0.2, 0.25) is 0 Å². The van der Waals surface area contributed by atoms with Gasteiger partial charge in [-0.25, -0.2) is 0 Å². The molecule has 2 heterocycles. The molecular weight excluding hydrogens is 252 g/mol. The molecule has 3 rings (SSSR count). The number of carbonyl (C=O) groups is 1. The Morgan fingerprint density at radius 2 is 2.33 bits per heavy atom. The third-order valence-electron chi connectivity index (χ3n) is 2.97. The molecule has 1 atom stereocenters. The van der Waals surface area contributed by atoms with E-state index in [0.717, 1.165) is 10.9 Å². The molecule has 4 nitrogen and oxygen atoms in total. The number of carbonyl (C=O) groups excluding carboxylic acids is 1. The summed E-state index contributed by atoms with van der Waals surface area (Å²) in [5.74, 6) is 0.429. The first-order valence-electron chi connectivity index (χ1n) is 5.75. The van der Waals surface area contributed by atoms with Crippen molar-refractivity contribution in [2.45, 2.75) is 19.6 Å². The first-order valence-corrected chi connectivity index (χ1v) is 6.12. The lowest BCUT2D eigenvalue weighted by Crippen LogP contribution is -2.42. The second-order valence-corrected chi connectivity index (χ2v) is 4.55. The van der Waals surface area contributed by atoms with Gasteiger partial charge in [0.25, 0.3) is 5.91 Å². The van der Waals surface area contributed by atoms with Gasteiger partial charge in [0.1, 0.15) is 5.75 Å². The molecule has 0 aliphatic carbocycles. The number of hydrogen-bond donors (Lipinski definition) is 1. The summed E-state index contributed by atoms with van der Waals surface area (Å²) >= 11 is 6.09. The van der Waals surface area contributed by atoms with Crippen molar-refractivity contribution in [2.75, 3.05) is 0 Å². The van der Waals surface area contributed by atoms with Crippen LogP contribution in [0, 0.1) is 0 Å². The normalized spacial score (nSPS) is 18.1. The maximum Gasteiger partial charge on any atom is 0.257 e. The zero-order valence-electron chi connectivity index (χ0n) is 9.74. The first-order chi connectivity index (χ1) is 8.69. The van der Waals surface area contributed by atoms with E-state index in [-0.39, 0.29) is 12.1 Å². The molecule has 1 aromatic heterocycles. The molecule has 0 saturated carbocycles. The fourth-order valence-corrected chi connectivity index (χ4v) is 2.21. The summed E-state index contributed by atoms with van der Waals surface area (Å²) in [5, 5.41) is 4.11. The van der Waals surface area contributed by atoms with Gasteiger partial charge >= 0.3 is 0 Å². The first kappa shape index (κ1) is 11.3. The molecule has 0 spiro atoms. The van der Waals surface area contributed by atoms with Crippen LogP contribution in [0.15, 0.2) is 24.4 Å². The van der Waals surface area contributed by atoms with Gasteiger partial charge in [0.15, 0.2) is 6.23 Å². The van der Waals surface area contributed by atoms with Gasteiger partial charge in [-0.3, -0.25) is 9.78 Å². The zero-order valence-corrected chi connectivity index (χ0v) is 10.5. The van der Waals surface area contributed by atoms with E-state index in [1.54, 1.807) is 24.4 Å². The van der Waals surface area contributed by atoms with Crippen LogP contribution >= 0.6 is 11.6 Å². The molecule has 1 N–H and O–H groups in total. The molecule has 0 bridgehead atoms. The highest BCUT2D eigenvalue weighted by Gasteiger charge is 2.25. The third kappa shape index (κ3) is 1.69. The Hall–Kier alpha value is -1.81. The van der Waals surface area contributed by atoms with Crippen LogP contribution in [-0.4, -0.2) is 17.1 Å². The SMILES string of the molecule is CCC1NC(=O)c2cc3c(Cl)ccnc3cc2O1. The number of pyridine rings is 1. The Balaban J connectivity index is 2.21. The molecule has 1 aliphatic heterocycles. The van der Waals surface area contributed by atoms with Crippen LogP contribution in [0.4, 0.5) is 0 Å². The fraction of sp³-hybridized carbons (Fsp3) is 0.231. The second-order valence-electron chi connectivity index (χ2n) is 4.15. The third-order valence-corrected chi connectivity index (χ3v) is 3.30. The van der Waals surface area contributed by atoms with Crippen LogP contribution in [0.3, 0.4) is 0 Å². The lowest BCUT2D eigenvalue weighted by Gasteiger charge is -2.26. The highest BCUT2D eigenvalue weighted by Crippen LogP contribution is 2.31. The van der Waals surface area contributed by atoms with Gasteiger partial charge in [0.05, 0.1) is 16.1 Å². The summed E-state index contributed by atoms with van der Waals surface area (Å²) in [5.41, 5.74) is 1.23. The maximum absolute atomic E-state index is 12.0. The standard InChI is InChI=1S/C13H11ClN2O2/c1-2-12-16-13(17)8-5-7-9(14)3-4-15-10(7)6-11(8)18-12/h3-6,12H,2H2,1H3,(H,16,17). The van der Waals surface area contributed by atoms with E-state index >= 15 is 0 Å². The van der Waals surface area contributed by atoms with Crippen LogP contribution in [-0.2, 0) is 0 Å². The average Bonchev–Trinajstić information content (AvgIpc) is 2.37. The van der Waals surface area contributed by atoms with E-state index in [4.69, 9.17) is 16.3 Å². The van der Waals surface area contributed by atoms with Crippen molar-refractivity contribution in [1.29, 1.82) is 0 Å². The van der Waals surface area contributed by atoms with Gasteiger partial charge in [-0.2, -0.15) is 0 Å². The summed E-state index contributed by atoms with van der Waals surface area (Å²) in [7, 11) is 0. The minimum Gasteiger partial charge on any atom is -0.470 e. The summed E-state index contributed by atoms with van der Waals surface area (Å²) in [6.07, 6.45) is 2.07. The molecule has 5 heteroatoms. The van der Waals surface area contributed by atoms with Gasteiger partial charge in [-0.15, -0.1) is 0 Å². The molecular formula is C13H11ClN2O2. The average molecular weight is 263 g/mol. The molecule has 92 valence electrons. The van der Waals surface area contributed by atoms with Crippen molar-refractivity contribution in [3.63, 3.8) is 0 Å². The van der Waals surface area contributed by atoms with Crippen molar-refractivity contribution in [3.8, 4) is 5.75 Å². The highest BCUT2D eigenvalue weighted by atomic mass is 35.5. The Morgan fingerprint density at radius 1 is 1.50 bits per heavy atom. The molecule has 0 radical (unpaired) electrons. The van der Waals surface area contributed by atoms with E-state index in [9.17, 15) is 4.79 Å². The number of aromatic nitrogens is 1. The Bertz CT molecular complexity index is 642. The van der Waals surface area contributed by atoms with E-state index in [2.05, 4.69) is 10.3 Å². The monoisotopic (exact) mass is 262 g/mol.